The van der Waals surface area contributed by atoms with Crippen LogP contribution >= 0.6 is 0 Å². The molecule has 0 unspecified atom stereocenters. The van der Waals surface area contributed by atoms with Crippen molar-refractivity contribution < 1.29 is 40.6 Å². The van der Waals surface area contributed by atoms with Gasteiger partial charge in [0.1, 0.15) is 0 Å². The van der Waals surface area contributed by atoms with Gasteiger partial charge in [0.2, 0.25) is 0 Å². The van der Waals surface area contributed by atoms with Crippen LogP contribution in [0, 0.1) is 0 Å². The van der Waals surface area contributed by atoms with E-state index in [-0.39, 0.29) is 0 Å². The van der Waals surface area contributed by atoms with E-state index in [1.54, 1.807) is 0 Å². The van der Waals surface area contributed by atoms with E-state index >= 15 is 0 Å². The molecule has 0 radical (unpaired) electrons. The standard InChI is InChI=1S/C4HF7O2.C4H10N2/c5-2(6,1(12)13)3(7,8)4(9,10)11;1-2-6-4-3-5-1/h(H,12,13);5-6H,1-4H2. The number of carbonyl (C=O) groups is 1. The molecule has 0 spiro atoms. The zero-order valence-corrected chi connectivity index (χ0v) is 9.33. The Morgan fingerprint density at radius 1 is 0.842 bits per heavy atom. The number of aliphatic carboxylic acids is 1. The van der Waals surface area contributed by atoms with Gasteiger partial charge in [0.15, 0.2) is 0 Å². The molecular formula is C8H11F7N2O2. The first kappa shape index (κ1) is 17.9. The molecule has 4 nitrogen and oxygen atoms in total. The van der Waals surface area contributed by atoms with Crippen LogP contribution in [0.2, 0.25) is 0 Å². The van der Waals surface area contributed by atoms with Gasteiger partial charge in [-0.05, 0) is 0 Å². The Hall–Kier alpha value is -1.10. The van der Waals surface area contributed by atoms with Crippen LogP contribution in [0.5, 0.6) is 0 Å². The summed E-state index contributed by atoms with van der Waals surface area (Å²) in [4.78, 5) is 9.38. The minimum absolute atomic E-state index is 1.14. The molecule has 0 aromatic rings. The monoisotopic (exact) mass is 300 g/mol. The Kier molecular flexibility index (Phi) is 6.00. The van der Waals surface area contributed by atoms with Gasteiger partial charge in [0.05, 0.1) is 0 Å². The van der Waals surface area contributed by atoms with E-state index < -0.39 is 24.0 Å². The Morgan fingerprint density at radius 2 is 1.16 bits per heavy atom. The summed E-state index contributed by atoms with van der Waals surface area (Å²) in [7, 11) is 0. The quantitative estimate of drug-likeness (QED) is 0.668. The molecule has 1 aliphatic rings. The molecule has 1 rings (SSSR count). The number of piperazine rings is 1. The van der Waals surface area contributed by atoms with Gasteiger partial charge < -0.3 is 15.7 Å². The van der Waals surface area contributed by atoms with Crippen LogP contribution in [0.4, 0.5) is 30.7 Å². The number of rotatable bonds is 2. The Labute approximate surface area is 103 Å². The second-order valence-corrected chi connectivity index (χ2v) is 3.45. The Bertz CT molecular complexity index is 290. The predicted octanol–water partition coefficient (Wildman–Crippen LogP) is 1.08. The van der Waals surface area contributed by atoms with Crippen molar-refractivity contribution >= 4 is 5.97 Å². The minimum Gasteiger partial charge on any atom is -0.477 e. The fourth-order valence-electron chi connectivity index (χ4n) is 0.916. The molecule has 0 aromatic carbocycles. The summed E-state index contributed by atoms with van der Waals surface area (Å²) in [5.74, 6) is -16.3. The van der Waals surface area contributed by atoms with Crippen molar-refractivity contribution in [2.45, 2.75) is 18.0 Å². The zero-order valence-electron chi connectivity index (χ0n) is 9.33. The molecule has 3 N–H and O–H groups in total. The minimum atomic E-state index is -6.60. The lowest BCUT2D eigenvalue weighted by Crippen LogP contribution is -2.56. The van der Waals surface area contributed by atoms with Gasteiger partial charge >= 0.3 is 24.0 Å². The number of hydrogen-bond donors (Lipinski definition) is 3. The average Bonchev–Trinajstić information content (AvgIpc) is 2.30. The number of nitrogens with one attached hydrogen (secondary N) is 2. The first-order valence-electron chi connectivity index (χ1n) is 4.91. The topological polar surface area (TPSA) is 61.4 Å². The van der Waals surface area contributed by atoms with Crippen molar-refractivity contribution in [1.82, 2.24) is 10.6 Å². The van der Waals surface area contributed by atoms with Crippen molar-refractivity contribution in [1.29, 1.82) is 0 Å². The molecule has 1 fully saturated rings. The van der Waals surface area contributed by atoms with Gasteiger partial charge in [-0.25, -0.2) is 4.79 Å². The lowest BCUT2D eigenvalue weighted by Gasteiger charge is -2.24. The molecule has 0 saturated carbocycles. The highest BCUT2D eigenvalue weighted by Crippen LogP contribution is 2.46. The molecule has 19 heavy (non-hydrogen) atoms. The summed E-state index contributed by atoms with van der Waals surface area (Å²) >= 11 is 0. The van der Waals surface area contributed by atoms with Crippen LogP contribution in [0.1, 0.15) is 0 Å². The van der Waals surface area contributed by atoms with Crippen molar-refractivity contribution in [3.8, 4) is 0 Å². The average molecular weight is 300 g/mol. The highest BCUT2D eigenvalue weighted by Gasteiger charge is 2.76. The van der Waals surface area contributed by atoms with Crippen molar-refractivity contribution in [3.05, 3.63) is 0 Å². The predicted molar refractivity (Wildman–Crippen MR) is 49.3 cm³/mol. The van der Waals surface area contributed by atoms with E-state index in [2.05, 4.69) is 10.6 Å². The fourth-order valence-corrected chi connectivity index (χ4v) is 0.916. The largest absolute Gasteiger partial charge is 0.477 e. The first-order valence-corrected chi connectivity index (χ1v) is 4.91. The Morgan fingerprint density at radius 3 is 1.26 bits per heavy atom. The maximum atomic E-state index is 11.8. The molecule has 1 aliphatic heterocycles. The molecular weight excluding hydrogens is 289 g/mol. The van der Waals surface area contributed by atoms with Crippen LogP contribution in [-0.4, -0.2) is 55.3 Å². The molecule has 1 saturated heterocycles. The molecule has 114 valence electrons. The van der Waals surface area contributed by atoms with E-state index in [4.69, 9.17) is 5.11 Å². The van der Waals surface area contributed by atoms with Gasteiger partial charge in [0.25, 0.3) is 0 Å². The van der Waals surface area contributed by atoms with E-state index in [0.29, 0.717) is 0 Å². The van der Waals surface area contributed by atoms with Crippen molar-refractivity contribution in [3.63, 3.8) is 0 Å². The molecule has 0 aliphatic carbocycles. The van der Waals surface area contributed by atoms with Crippen LogP contribution in [-0.2, 0) is 4.79 Å². The number of hydrogen-bond acceptors (Lipinski definition) is 3. The summed E-state index contributed by atoms with van der Waals surface area (Å²) in [6.45, 7) is 4.56. The molecule has 11 heteroatoms. The van der Waals surface area contributed by atoms with Crippen LogP contribution in [0.3, 0.4) is 0 Å². The third-order valence-electron chi connectivity index (χ3n) is 1.98. The fraction of sp³-hybridized carbons (Fsp3) is 0.875. The zero-order chi connectivity index (χ0) is 15.3. The number of halogens is 7. The van der Waals surface area contributed by atoms with Crippen LogP contribution < -0.4 is 10.6 Å². The number of alkyl halides is 7. The second-order valence-electron chi connectivity index (χ2n) is 3.45. The maximum absolute atomic E-state index is 11.8. The lowest BCUT2D eigenvalue weighted by molar-refractivity contribution is -0.347. The van der Waals surface area contributed by atoms with Gasteiger partial charge in [-0.1, -0.05) is 0 Å². The number of carboxylic acid groups (broad SMARTS) is 1. The number of carboxylic acids is 1. The van der Waals surface area contributed by atoms with Crippen molar-refractivity contribution in [2.24, 2.45) is 0 Å². The molecule has 0 aromatic heterocycles. The highest BCUT2D eigenvalue weighted by atomic mass is 19.4. The summed E-state index contributed by atoms with van der Waals surface area (Å²) in [5, 5.41) is 13.9. The molecule has 0 atom stereocenters. The third kappa shape index (κ3) is 4.49. The van der Waals surface area contributed by atoms with E-state index in [1.807, 2.05) is 0 Å². The highest BCUT2D eigenvalue weighted by molar-refractivity contribution is 5.76. The first-order chi connectivity index (χ1) is 8.44. The van der Waals surface area contributed by atoms with E-state index in [1.165, 1.54) is 0 Å². The summed E-state index contributed by atoms with van der Waals surface area (Å²) in [5.41, 5.74) is 0. The molecule has 0 amide bonds. The van der Waals surface area contributed by atoms with Gasteiger partial charge in [0, 0.05) is 26.2 Å². The Balaban J connectivity index is 0.000000443. The van der Waals surface area contributed by atoms with E-state index in [9.17, 15) is 35.5 Å². The maximum Gasteiger partial charge on any atom is 0.460 e. The molecule has 1 heterocycles. The normalized spacial score (nSPS) is 17.4. The lowest BCUT2D eigenvalue weighted by atomic mass is 10.1. The van der Waals surface area contributed by atoms with Gasteiger partial charge in [-0.15, -0.1) is 0 Å². The van der Waals surface area contributed by atoms with Crippen LogP contribution in [0.15, 0.2) is 0 Å². The van der Waals surface area contributed by atoms with Crippen molar-refractivity contribution in [2.75, 3.05) is 26.2 Å². The smallest absolute Gasteiger partial charge is 0.460 e. The summed E-state index contributed by atoms with van der Waals surface area (Å²) < 4.78 is 80.5. The van der Waals surface area contributed by atoms with Gasteiger partial charge in [-0.3, -0.25) is 0 Å². The van der Waals surface area contributed by atoms with E-state index in [0.717, 1.165) is 26.2 Å². The molecule has 0 bridgehead atoms. The third-order valence-corrected chi connectivity index (χ3v) is 1.98. The summed E-state index contributed by atoms with van der Waals surface area (Å²) in [6, 6.07) is 0. The summed E-state index contributed by atoms with van der Waals surface area (Å²) in [6.07, 6.45) is -6.60. The van der Waals surface area contributed by atoms with Gasteiger partial charge in [-0.2, -0.15) is 30.7 Å². The second kappa shape index (κ2) is 6.37. The van der Waals surface area contributed by atoms with Crippen LogP contribution in [0.25, 0.3) is 0 Å². The SMILES string of the molecule is C1CNCCN1.O=C(O)C(F)(F)C(F)(F)C(F)(F)F.